The van der Waals surface area contributed by atoms with E-state index in [1.807, 2.05) is 6.92 Å². The van der Waals surface area contributed by atoms with Crippen LogP contribution in [0.2, 0.25) is 0 Å². The summed E-state index contributed by atoms with van der Waals surface area (Å²) in [5.41, 5.74) is 5.50. The lowest BCUT2D eigenvalue weighted by molar-refractivity contribution is -0.116. The van der Waals surface area contributed by atoms with Crippen LogP contribution in [0.1, 0.15) is 39.5 Å². The molecule has 0 aromatic heterocycles. The van der Waals surface area contributed by atoms with Gasteiger partial charge >= 0.3 is 0 Å². The Morgan fingerprint density at radius 2 is 2.07 bits per heavy atom. The van der Waals surface area contributed by atoms with Gasteiger partial charge in [0.05, 0.1) is 6.10 Å². The molecule has 0 aliphatic heterocycles. The molecule has 0 rings (SSSR count). The number of carbonyl (C=O) groups excluding carboxylic acids is 1. The van der Waals surface area contributed by atoms with Gasteiger partial charge in [0.15, 0.2) is 0 Å². The van der Waals surface area contributed by atoms with E-state index in [1.165, 1.54) is 0 Å². The largest absolute Gasteiger partial charge is 0.373 e. The predicted molar refractivity (Wildman–Crippen MR) is 57.9 cm³/mol. The Hall–Kier alpha value is -0.830. The molecule has 1 unspecified atom stereocenters. The van der Waals surface area contributed by atoms with Crippen LogP contribution in [0.5, 0.6) is 0 Å². The van der Waals surface area contributed by atoms with Gasteiger partial charge < -0.3 is 10.5 Å². The van der Waals surface area contributed by atoms with E-state index in [9.17, 15) is 4.79 Å². The standard InChI is InChI=1S/C11H21NO2/c1-4-6-7-8-14-10(5-2)9(3)11(12)13/h10H,3-8H2,1-2H3,(H2,12,13). The van der Waals surface area contributed by atoms with Crippen LogP contribution >= 0.6 is 0 Å². The van der Waals surface area contributed by atoms with Crippen LogP contribution in [0.25, 0.3) is 0 Å². The monoisotopic (exact) mass is 199 g/mol. The van der Waals surface area contributed by atoms with Crippen molar-refractivity contribution in [3.05, 3.63) is 12.2 Å². The maximum Gasteiger partial charge on any atom is 0.246 e. The number of ether oxygens (including phenoxy) is 1. The van der Waals surface area contributed by atoms with Gasteiger partial charge in [0.2, 0.25) is 5.91 Å². The molecule has 0 aliphatic carbocycles. The number of hydrogen-bond donors (Lipinski definition) is 1. The topological polar surface area (TPSA) is 52.3 Å². The molecule has 1 amide bonds. The van der Waals surface area contributed by atoms with Gasteiger partial charge in [-0.05, 0) is 12.8 Å². The summed E-state index contributed by atoms with van der Waals surface area (Å²) >= 11 is 0. The highest BCUT2D eigenvalue weighted by molar-refractivity contribution is 5.92. The Kier molecular flexibility index (Phi) is 7.11. The minimum Gasteiger partial charge on any atom is -0.373 e. The van der Waals surface area contributed by atoms with E-state index in [-0.39, 0.29) is 6.10 Å². The van der Waals surface area contributed by atoms with Gasteiger partial charge in [-0.2, -0.15) is 0 Å². The van der Waals surface area contributed by atoms with Gasteiger partial charge in [0.25, 0.3) is 0 Å². The van der Waals surface area contributed by atoms with E-state index in [0.717, 1.165) is 25.7 Å². The fourth-order valence-electron chi connectivity index (χ4n) is 1.20. The zero-order valence-electron chi connectivity index (χ0n) is 9.21. The Balaban J connectivity index is 3.79. The van der Waals surface area contributed by atoms with Crippen LogP contribution in [0.3, 0.4) is 0 Å². The Labute approximate surface area is 86.3 Å². The van der Waals surface area contributed by atoms with Gasteiger partial charge in [-0.3, -0.25) is 4.79 Å². The van der Waals surface area contributed by atoms with Gasteiger partial charge in [-0.25, -0.2) is 0 Å². The molecule has 0 radical (unpaired) electrons. The van der Waals surface area contributed by atoms with Crippen molar-refractivity contribution in [1.82, 2.24) is 0 Å². The summed E-state index contributed by atoms with van der Waals surface area (Å²) in [5, 5.41) is 0. The molecule has 0 saturated heterocycles. The summed E-state index contributed by atoms with van der Waals surface area (Å²) in [6, 6.07) is 0. The van der Waals surface area contributed by atoms with Gasteiger partial charge in [0.1, 0.15) is 0 Å². The fourth-order valence-corrected chi connectivity index (χ4v) is 1.20. The highest BCUT2D eigenvalue weighted by Gasteiger charge is 2.14. The molecule has 0 spiro atoms. The summed E-state index contributed by atoms with van der Waals surface area (Å²) in [5.74, 6) is -0.465. The molecule has 3 heteroatoms. The maximum absolute atomic E-state index is 10.8. The fraction of sp³-hybridized carbons (Fsp3) is 0.727. The van der Waals surface area contributed by atoms with Crippen molar-refractivity contribution < 1.29 is 9.53 Å². The molecule has 0 saturated carbocycles. The lowest BCUT2D eigenvalue weighted by Crippen LogP contribution is -2.25. The number of unbranched alkanes of at least 4 members (excludes halogenated alkanes) is 2. The molecule has 0 aromatic carbocycles. The quantitative estimate of drug-likeness (QED) is 0.480. The summed E-state index contributed by atoms with van der Waals surface area (Å²) in [4.78, 5) is 10.8. The predicted octanol–water partition coefficient (Wildman–Crippen LogP) is 2.01. The molecule has 14 heavy (non-hydrogen) atoms. The van der Waals surface area contributed by atoms with Crippen LogP contribution < -0.4 is 5.73 Å². The van der Waals surface area contributed by atoms with Crippen LogP contribution in [-0.2, 0) is 9.53 Å². The van der Waals surface area contributed by atoms with E-state index in [0.29, 0.717) is 12.2 Å². The zero-order chi connectivity index (χ0) is 11.0. The number of primary amides is 1. The third kappa shape index (κ3) is 5.02. The SMILES string of the molecule is C=C(C(N)=O)C(CC)OCCCCC. The average molecular weight is 199 g/mol. The molecule has 0 fully saturated rings. The van der Waals surface area contributed by atoms with E-state index < -0.39 is 5.91 Å². The van der Waals surface area contributed by atoms with Crippen molar-refractivity contribution >= 4 is 5.91 Å². The first-order valence-corrected chi connectivity index (χ1v) is 5.23. The third-order valence-electron chi connectivity index (χ3n) is 2.14. The van der Waals surface area contributed by atoms with Crippen molar-refractivity contribution in [3.63, 3.8) is 0 Å². The van der Waals surface area contributed by atoms with Crippen LogP contribution in [0.15, 0.2) is 12.2 Å². The second-order valence-corrected chi connectivity index (χ2v) is 3.36. The van der Waals surface area contributed by atoms with E-state index >= 15 is 0 Å². The molecule has 0 aromatic rings. The highest BCUT2D eigenvalue weighted by atomic mass is 16.5. The molecule has 0 bridgehead atoms. The molecule has 3 nitrogen and oxygen atoms in total. The minimum atomic E-state index is -0.465. The van der Waals surface area contributed by atoms with Crippen molar-refractivity contribution in [2.24, 2.45) is 5.73 Å². The van der Waals surface area contributed by atoms with Crippen molar-refractivity contribution in [2.45, 2.75) is 45.6 Å². The molecule has 0 heterocycles. The first kappa shape index (κ1) is 13.2. The molecular weight excluding hydrogens is 178 g/mol. The first-order valence-electron chi connectivity index (χ1n) is 5.23. The Bertz CT molecular complexity index is 190. The van der Waals surface area contributed by atoms with Gasteiger partial charge in [-0.1, -0.05) is 33.3 Å². The van der Waals surface area contributed by atoms with Crippen LogP contribution in [-0.4, -0.2) is 18.6 Å². The molecule has 2 N–H and O–H groups in total. The number of rotatable bonds is 8. The zero-order valence-corrected chi connectivity index (χ0v) is 9.21. The van der Waals surface area contributed by atoms with E-state index in [2.05, 4.69) is 13.5 Å². The molecule has 1 atom stereocenters. The number of hydrogen-bond acceptors (Lipinski definition) is 2. The minimum absolute atomic E-state index is 0.204. The van der Waals surface area contributed by atoms with E-state index in [1.54, 1.807) is 0 Å². The lowest BCUT2D eigenvalue weighted by atomic mass is 10.1. The van der Waals surface area contributed by atoms with Crippen molar-refractivity contribution in [2.75, 3.05) is 6.61 Å². The van der Waals surface area contributed by atoms with Crippen LogP contribution in [0, 0.1) is 0 Å². The van der Waals surface area contributed by atoms with Crippen molar-refractivity contribution in [3.8, 4) is 0 Å². The first-order chi connectivity index (χ1) is 6.63. The highest BCUT2D eigenvalue weighted by Crippen LogP contribution is 2.09. The molecule has 82 valence electrons. The normalized spacial score (nSPS) is 12.4. The molecular formula is C11H21NO2. The average Bonchev–Trinajstić information content (AvgIpc) is 2.17. The second kappa shape index (κ2) is 7.56. The number of amides is 1. The second-order valence-electron chi connectivity index (χ2n) is 3.36. The number of carbonyl (C=O) groups is 1. The molecule has 0 aliphatic rings. The van der Waals surface area contributed by atoms with E-state index in [4.69, 9.17) is 10.5 Å². The van der Waals surface area contributed by atoms with Gasteiger partial charge in [0, 0.05) is 12.2 Å². The van der Waals surface area contributed by atoms with Gasteiger partial charge in [-0.15, -0.1) is 0 Å². The summed E-state index contributed by atoms with van der Waals surface area (Å²) in [7, 11) is 0. The Morgan fingerprint density at radius 1 is 1.43 bits per heavy atom. The smallest absolute Gasteiger partial charge is 0.246 e. The third-order valence-corrected chi connectivity index (χ3v) is 2.14. The maximum atomic E-state index is 10.8. The lowest BCUT2D eigenvalue weighted by Gasteiger charge is -2.16. The van der Waals surface area contributed by atoms with Crippen LogP contribution in [0.4, 0.5) is 0 Å². The summed E-state index contributed by atoms with van der Waals surface area (Å²) in [6.45, 7) is 8.40. The Morgan fingerprint density at radius 3 is 2.50 bits per heavy atom. The number of nitrogens with two attached hydrogens (primary N) is 1. The summed E-state index contributed by atoms with van der Waals surface area (Å²) < 4.78 is 5.52. The summed E-state index contributed by atoms with van der Waals surface area (Å²) in [6.07, 6.45) is 3.88. The van der Waals surface area contributed by atoms with Crippen molar-refractivity contribution in [1.29, 1.82) is 0 Å².